The number of thiazole rings is 1. The van der Waals surface area contributed by atoms with Gasteiger partial charge >= 0.3 is 0 Å². The van der Waals surface area contributed by atoms with E-state index in [1.54, 1.807) is 25.3 Å². The highest BCUT2D eigenvalue weighted by atomic mass is 32.1. The van der Waals surface area contributed by atoms with Crippen LogP contribution in [0.2, 0.25) is 0 Å². The third kappa shape index (κ3) is 4.17. The molecule has 3 heterocycles. The summed E-state index contributed by atoms with van der Waals surface area (Å²) in [5.74, 6) is 0.163. The third-order valence-corrected chi connectivity index (χ3v) is 6.25. The molecular weight excluding hydrogens is 418 g/mol. The Bertz CT molecular complexity index is 1170. The van der Waals surface area contributed by atoms with Gasteiger partial charge in [0.15, 0.2) is 11.0 Å². The molecule has 152 valence electrons. The normalized spacial score (nSPS) is 11.8. The number of nitrogens with one attached hydrogen (secondary N) is 2. The Kier molecular flexibility index (Phi) is 5.73. The third-order valence-electron chi connectivity index (χ3n) is 4.41. The Balaban J connectivity index is 1.57. The lowest BCUT2D eigenvalue weighted by molar-refractivity contribution is -0.117. The first-order chi connectivity index (χ1) is 14.5. The zero-order valence-corrected chi connectivity index (χ0v) is 18.0. The number of benzene rings is 1. The maximum absolute atomic E-state index is 12.7. The first-order valence-corrected chi connectivity index (χ1v) is 10.9. The Morgan fingerprint density at radius 1 is 1.13 bits per heavy atom. The van der Waals surface area contributed by atoms with Crippen LogP contribution in [0.4, 0.5) is 5.13 Å². The quantitative estimate of drug-likeness (QED) is 0.477. The van der Waals surface area contributed by atoms with E-state index >= 15 is 0 Å². The summed E-state index contributed by atoms with van der Waals surface area (Å²) in [5, 5.41) is 7.81. The molecule has 30 heavy (non-hydrogen) atoms. The van der Waals surface area contributed by atoms with Gasteiger partial charge in [-0.3, -0.25) is 9.59 Å². The summed E-state index contributed by atoms with van der Waals surface area (Å²) in [7, 11) is 1.91. The fourth-order valence-electron chi connectivity index (χ4n) is 2.86. The molecule has 0 saturated carbocycles. The summed E-state index contributed by atoms with van der Waals surface area (Å²) in [6.45, 7) is 1.65. The second-order valence-corrected chi connectivity index (χ2v) is 8.53. The minimum atomic E-state index is -0.708. The molecule has 1 atom stereocenters. The molecule has 0 saturated heterocycles. The summed E-state index contributed by atoms with van der Waals surface area (Å²) in [4.78, 5) is 35.4. The predicted octanol–water partition coefficient (Wildman–Crippen LogP) is 4.03. The van der Waals surface area contributed by atoms with E-state index in [1.807, 2.05) is 53.5 Å². The van der Waals surface area contributed by atoms with Gasteiger partial charge < -0.3 is 15.2 Å². The smallest absolute Gasteiger partial charge is 0.261 e. The summed E-state index contributed by atoms with van der Waals surface area (Å²) in [6.07, 6.45) is 3.59. The van der Waals surface area contributed by atoms with Crippen molar-refractivity contribution < 1.29 is 9.59 Å². The van der Waals surface area contributed by atoms with Gasteiger partial charge in [-0.05, 0) is 18.4 Å². The number of amides is 2. The molecule has 0 bridgehead atoms. The second-order valence-electron chi connectivity index (χ2n) is 6.59. The van der Waals surface area contributed by atoms with Crippen molar-refractivity contribution in [2.45, 2.75) is 13.0 Å². The van der Waals surface area contributed by atoms with Gasteiger partial charge in [-0.25, -0.2) is 9.97 Å². The standard InChI is InChI=1S/C21H19N5O2S2/c1-13(23-20(28)15-9-6-12-29-15)19(27)25-21-24-16(14-7-4-3-5-8-14)17(30-21)18-22-10-11-26(18)2/h3-13H,1-2H3,(H,23,28)(H,24,25,27). The average molecular weight is 438 g/mol. The van der Waals surface area contributed by atoms with Gasteiger partial charge in [-0.1, -0.05) is 47.7 Å². The van der Waals surface area contributed by atoms with Crippen LogP contribution in [-0.4, -0.2) is 32.4 Å². The second kappa shape index (κ2) is 8.60. The van der Waals surface area contributed by atoms with Gasteiger partial charge in [0.2, 0.25) is 5.91 Å². The molecule has 0 fully saturated rings. The van der Waals surface area contributed by atoms with Crippen molar-refractivity contribution in [2.24, 2.45) is 7.05 Å². The molecule has 2 N–H and O–H groups in total. The van der Waals surface area contributed by atoms with E-state index in [0.717, 1.165) is 22.0 Å². The van der Waals surface area contributed by atoms with Gasteiger partial charge in [-0.15, -0.1) is 11.3 Å². The minimum absolute atomic E-state index is 0.273. The predicted molar refractivity (Wildman–Crippen MR) is 120 cm³/mol. The zero-order chi connectivity index (χ0) is 21.1. The molecular formula is C21H19N5O2S2. The lowest BCUT2D eigenvalue weighted by atomic mass is 10.1. The fraction of sp³-hybridized carbons (Fsp3) is 0.143. The molecule has 4 rings (SSSR count). The first kappa shape index (κ1) is 20.0. The molecule has 1 aromatic carbocycles. The Labute approximate surface area is 181 Å². The Morgan fingerprint density at radius 3 is 2.60 bits per heavy atom. The van der Waals surface area contributed by atoms with Crippen molar-refractivity contribution in [3.05, 3.63) is 65.1 Å². The van der Waals surface area contributed by atoms with Crippen molar-refractivity contribution in [3.8, 4) is 22.0 Å². The van der Waals surface area contributed by atoms with Gasteiger partial charge in [0.1, 0.15) is 6.04 Å². The number of aromatic nitrogens is 3. The maximum Gasteiger partial charge on any atom is 0.261 e. The van der Waals surface area contributed by atoms with E-state index in [1.165, 1.54) is 22.7 Å². The molecule has 4 aromatic rings. The number of nitrogens with zero attached hydrogens (tertiary/aromatic N) is 3. The van der Waals surface area contributed by atoms with Crippen LogP contribution < -0.4 is 10.6 Å². The van der Waals surface area contributed by atoms with Gasteiger partial charge in [0.05, 0.1) is 15.4 Å². The largest absolute Gasteiger partial charge is 0.340 e. The first-order valence-electron chi connectivity index (χ1n) is 9.22. The van der Waals surface area contributed by atoms with E-state index in [0.29, 0.717) is 10.0 Å². The average Bonchev–Trinajstić information content (AvgIpc) is 3.49. The summed E-state index contributed by atoms with van der Waals surface area (Å²) < 4.78 is 1.91. The van der Waals surface area contributed by atoms with Crippen molar-refractivity contribution >= 4 is 39.6 Å². The van der Waals surface area contributed by atoms with Crippen LogP contribution in [0.25, 0.3) is 22.0 Å². The number of rotatable bonds is 6. The highest BCUT2D eigenvalue weighted by Crippen LogP contribution is 2.38. The molecule has 0 aliphatic heterocycles. The summed E-state index contributed by atoms with van der Waals surface area (Å²) in [6, 6.07) is 12.6. The van der Waals surface area contributed by atoms with E-state index < -0.39 is 6.04 Å². The van der Waals surface area contributed by atoms with Gasteiger partial charge in [-0.2, -0.15) is 0 Å². The molecule has 9 heteroatoms. The highest BCUT2D eigenvalue weighted by Gasteiger charge is 2.22. The molecule has 0 aliphatic carbocycles. The van der Waals surface area contributed by atoms with Crippen LogP contribution in [-0.2, 0) is 11.8 Å². The molecule has 0 spiro atoms. The van der Waals surface area contributed by atoms with Crippen LogP contribution in [0.3, 0.4) is 0 Å². The van der Waals surface area contributed by atoms with Crippen LogP contribution in [0.1, 0.15) is 16.6 Å². The van der Waals surface area contributed by atoms with Crippen molar-refractivity contribution in [1.29, 1.82) is 0 Å². The molecule has 2 amide bonds. The molecule has 7 nitrogen and oxygen atoms in total. The fourth-order valence-corrected chi connectivity index (χ4v) is 4.51. The number of thiophene rings is 1. The van der Waals surface area contributed by atoms with Crippen LogP contribution in [0, 0.1) is 0 Å². The molecule has 1 unspecified atom stereocenters. The van der Waals surface area contributed by atoms with Gasteiger partial charge in [0.25, 0.3) is 5.91 Å². The Morgan fingerprint density at radius 2 is 1.93 bits per heavy atom. The highest BCUT2D eigenvalue weighted by molar-refractivity contribution is 7.19. The number of carbonyl (C=O) groups is 2. The number of anilines is 1. The minimum Gasteiger partial charge on any atom is -0.340 e. The number of carbonyl (C=O) groups excluding carboxylic acids is 2. The van der Waals surface area contributed by atoms with Crippen LogP contribution in [0.5, 0.6) is 0 Å². The summed E-state index contributed by atoms with van der Waals surface area (Å²) in [5.41, 5.74) is 1.69. The van der Waals surface area contributed by atoms with Gasteiger partial charge in [0, 0.05) is 25.0 Å². The topological polar surface area (TPSA) is 88.9 Å². The van der Waals surface area contributed by atoms with E-state index in [2.05, 4.69) is 20.6 Å². The number of imidazole rings is 1. The Hall–Kier alpha value is -3.30. The lowest BCUT2D eigenvalue weighted by Crippen LogP contribution is -2.41. The van der Waals surface area contributed by atoms with E-state index in [9.17, 15) is 9.59 Å². The van der Waals surface area contributed by atoms with E-state index in [-0.39, 0.29) is 11.8 Å². The van der Waals surface area contributed by atoms with Crippen molar-refractivity contribution in [3.63, 3.8) is 0 Å². The molecule has 0 aliphatic rings. The van der Waals surface area contributed by atoms with E-state index in [4.69, 9.17) is 0 Å². The maximum atomic E-state index is 12.7. The SMILES string of the molecule is CC(NC(=O)c1cccs1)C(=O)Nc1nc(-c2ccccc2)c(-c2nccn2C)s1. The number of aryl methyl sites for hydroxylation is 1. The lowest BCUT2D eigenvalue weighted by Gasteiger charge is -2.12. The molecule has 3 aromatic heterocycles. The van der Waals surface area contributed by atoms with Crippen molar-refractivity contribution in [2.75, 3.05) is 5.32 Å². The summed E-state index contributed by atoms with van der Waals surface area (Å²) >= 11 is 2.68. The monoisotopic (exact) mass is 437 g/mol. The van der Waals surface area contributed by atoms with Crippen LogP contribution >= 0.6 is 22.7 Å². The van der Waals surface area contributed by atoms with Crippen molar-refractivity contribution in [1.82, 2.24) is 19.9 Å². The zero-order valence-electron chi connectivity index (χ0n) is 16.3. The number of hydrogen-bond acceptors (Lipinski definition) is 6. The van der Waals surface area contributed by atoms with Crippen LogP contribution in [0.15, 0.2) is 60.2 Å². The number of hydrogen-bond donors (Lipinski definition) is 2. The molecule has 0 radical (unpaired) electrons.